The normalized spacial score (nSPS) is 10.7. The summed E-state index contributed by atoms with van der Waals surface area (Å²) in [6.45, 7) is 4.59. The van der Waals surface area contributed by atoms with Gasteiger partial charge < -0.3 is 0 Å². The summed E-state index contributed by atoms with van der Waals surface area (Å²) in [5.74, 6) is 0.862. The minimum Gasteiger partial charge on any atom is -0.0642 e. The predicted molar refractivity (Wildman–Crippen MR) is 60.7 cm³/mol. The lowest BCUT2D eigenvalue weighted by Crippen LogP contribution is -2.12. The quantitative estimate of drug-likeness (QED) is 0.495. The number of rotatable bonds is 5. The number of hydrogen-bond donors (Lipinski definition) is 0. The van der Waals surface area contributed by atoms with Gasteiger partial charge in [0.25, 0.3) is 0 Å². The van der Waals surface area contributed by atoms with Crippen molar-refractivity contribution >= 4 is 14.7 Å². The fourth-order valence-electron chi connectivity index (χ4n) is 1.30. The summed E-state index contributed by atoms with van der Waals surface area (Å²) < 4.78 is 0. The largest absolute Gasteiger partial charge is 0.0807 e. The van der Waals surface area contributed by atoms with Crippen LogP contribution in [-0.4, -0.2) is 9.52 Å². The molecule has 0 bridgehead atoms. The van der Waals surface area contributed by atoms with Crippen LogP contribution in [0.15, 0.2) is 30.3 Å². The van der Waals surface area contributed by atoms with E-state index >= 15 is 0 Å². The molecule has 0 saturated carbocycles. The van der Waals surface area contributed by atoms with Gasteiger partial charge in [-0.3, -0.25) is 0 Å². The van der Waals surface area contributed by atoms with E-state index in [0.717, 1.165) is 15.4 Å². The molecule has 1 heteroatoms. The minimum atomic E-state index is 0.862. The third-order valence-electron chi connectivity index (χ3n) is 2.06. The van der Waals surface area contributed by atoms with Crippen molar-refractivity contribution in [1.29, 1.82) is 0 Å². The first-order valence-electron chi connectivity index (χ1n) is 5.08. The molecular formula is C12H18Si. The Morgan fingerprint density at radius 2 is 1.85 bits per heavy atom. The summed E-state index contributed by atoms with van der Waals surface area (Å²) in [6, 6.07) is 12.2. The van der Waals surface area contributed by atoms with Gasteiger partial charge in [-0.2, -0.15) is 0 Å². The van der Waals surface area contributed by atoms with Gasteiger partial charge in [0.05, 0.1) is 9.52 Å². The zero-order valence-corrected chi connectivity index (χ0v) is 9.59. The van der Waals surface area contributed by atoms with Gasteiger partial charge in [0.15, 0.2) is 0 Å². The van der Waals surface area contributed by atoms with E-state index in [9.17, 15) is 0 Å². The summed E-state index contributed by atoms with van der Waals surface area (Å²) in [7, 11) is 1.00. The molecule has 0 unspecified atom stereocenters. The summed E-state index contributed by atoms with van der Waals surface area (Å²) in [5.41, 5.74) is 0. The number of hydrogen-bond acceptors (Lipinski definition) is 0. The predicted octanol–water partition coefficient (Wildman–Crippen LogP) is 2.87. The molecule has 0 N–H and O–H groups in total. The molecular weight excluding hydrogens is 172 g/mol. The van der Waals surface area contributed by atoms with Gasteiger partial charge >= 0.3 is 0 Å². The summed E-state index contributed by atoms with van der Waals surface area (Å²) >= 11 is 0. The molecule has 70 valence electrons. The molecule has 0 saturated heterocycles. The fourth-order valence-corrected chi connectivity index (χ4v) is 2.40. The van der Waals surface area contributed by atoms with Crippen LogP contribution in [0, 0.1) is 5.92 Å². The van der Waals surface area contributed by atoms with Crippen molar-refractivity contribution in [3.05, 3.63) is 30.3 Å². The van der Waals surface area contributed by atoms with E-state index in [1.807, 2.05) is 0 Å². The van der Waals surface area contributed by atoms with Gasteiger partial charge in [0.1, 0.15) is 0 Å². The first kappa shape index (κ1) is 10.5. The SMILES string of the molecule is CC(C)CCC[Si]c1ccccc1. The maximum absolute atomic E-state index is 2.30. The Morgan fingerprint density at radius 3 is 2.46 bits per heavy atom. The van der Waals surface area contributed by atoms with Crippen molar-refractivity contribution < 1.29 is 0 Å². The van der Waals surface area contributed by atoms with Gasteiger partial charge in [-0.15, -0.1) is 0 Å². The van der Waals surface area contributed by atoms with Gasteiger partial charge in [-0.1, -0.05) is 68.3 Å². The second-order valence-corrected chi connectivity index (χ2v) is 5.26. The van der Waals surface area contributed by atoms with Crippen LogP contribution >= 0.6 is 0 Å². The molecule has 0 fully saturated rings. The second kappa shape index (κ2) is 5.98. The van der Waals surface area contributed by atoms with E-state index in [4.69, 9.17) is 0 Å². The standard InChI is InChI=1S/C12H18Si/c1-11(2)7-6-10-13-12-8-4-3-5-9-12/h3-5,8-9,11H,6-7,10H2,1-2H3. The van der Waals surface area contributed by atoms with Crippen LogP contribution < -0.4 is 5.19 Å². The fraction of sp³-hybridized carbons (Fsp3) is 0.500. The van der Waals surface area contributed by atoms with Crippen LogP contribution in [0.1, 0.15) is 26.7 Å². The molecule has 0 aliphatic carbocycles. The molecule has 1 aromatic carbocycles. The molecule has 1 rings (SSSR count). The molecule has 0 nitrogen and oxygen atoms in total. The first-order valence-corrected chi connectivity index (χ1v) is 6.28. The van der Waals surface area contributed by atoms with Crippen molar-refractivity contribution in [3.63, 3.8) is 0 Å². The Bertz CT molecular complexity index is 216. The molecule has 0 amide bonds. The van der Waals surface area contributed by atoms with Gasteiger partial charge in [0.2, 0.25) is 0 Å². The van der Waals surface area contributed by atoms with E-state index in [1.54, 1.807) is 0 Å². The van der Waals surface area contributed by atoms with E-state index in [-0.39, 0.29) is 0 Å². The molecule has 0 spiro atoms. The summed E-state index contributed by atoms with van der Waals surface area (Å²) in [5, 5.41) is 1.51. The Kier molecular flexibility index (Phi) is 4.84. The van der Waals surface area contributed by atoms with Gasteiger partial charge in [-0.05, 0) is 5.92 Å². The van der Waals surface area contributed by atoms with Gasteiger partial charge in [-0.25, -0.2) is 0 Å². The molecule has 0 aliphatic heterocycles. The van der Waals surface area contributed by atoms with E-state index in [1.165, 1.54) is 24.1 Å². The second-order valence-electron chi connectivity index (χ2n) is 3.83. The Hall–Kier alpha value is -0.563. The number of benzene rings is 1. The zero-order chi connectivity index (χ0) is 9.52. The molecule has 0 aliphatic rings. The Labute approximate surface area is 84.2 Å². The first-order chi connectivity index (χ1) is 6.29. The topological polar surface area (TPSA) is 0 Å². The summed E-state index contributed by atoms with van der Waals surface area (Å²) in [6.07, 6.45) is 2.75. The minimum absolute atomic E-state index is 0.862. The molecule has 2 radical (unpaired) electrons. The smallest absolute Gasteiger partial charge is 0.0642 e. The average Bonchev–Trinajstić information content (AvgIpc) is 2.14. The lowest BCUT2D eigenvalue weighted by atomic mass is 10.1. The van der Waals surface area contributed by atoms with E-state index < -0.39 is 0 Å². The van der Waals surface area contributed by atoms with Crippen LogP contribution in [0.25, 0.3) is 0 Å². The van der Waals surface area contributed by atoms with Crippen molar-refractivity contribution in [2.24, 2.45) is 5.92 Å². The highest BCUT2D eigenvalue weighted by molar-refractivity contribution is 6.53. The third kappa shape index (κ3) is 4.89. The Morgan fingerprint density at radius 1 is 1.15 bits per heavy atom. The van der Waals surface area contributed by atoms with Crippen LogP contribution in [0.4, 0.5) is 0 Å². The van der Waals surface area contributed by atoms with Crippen LogP contribution in [0.5, 0.6) is 0 Å². The Balaban J connectivity index is 2.13. The van der Waals surface area contributed by atoms with Crippen LogP contribution in [0.3, 0.4) is 0 Å². The molecule has 0 heterocycles. The maximum Gasteiger partial charge on any atom is 0.0807 e. The highest BCUT2D eigenvalue weighted by Gasteiger charge is 1.96. The lowest BCUT2D eigenvalue weighted by molar-refractivity contribution is 0.575. The molecule has 0 atom stereocenters. The maximum atomic E-state index is 2.30. The highest BCUT2D eigenvalue weighted by atomic mass is 28.2. The van der Waals surface area contributed by atoms with E-state index in [2.05, 4.69) is 44.2 Å². The van der Waals surface area contributed by atoms with Crippen LogP contribution in [-0.2, 0) is 0 Å². The summed E-state index contributed by atoms with van der Waals surface area (Å²) in [4.78, 5) is 0. The monoisotopic (exact) mass is 190 g/mol. The third-order valence-corrected chi connectivity index (χ3v) is 3.41. The molecule has 0 aromatic heterocycles. The molecule has 13 heavy (non-hydrogen) atoms. The highest BCUT2D eigenvalue weighted by Crippen LogP contribution is 2.05. The average molecular weight is 190 g/mol. The molecule has 1 aromatic rings. The van der Waals surface area contributed by atoms with E-state index in [0.29, 0.717) is 0 Å². The van der Waals surface area contributed by atoms with Crippen molar-refractivity contribution in [3.8, 4) is 0 Å². The van der Waals surface area contributed by atoms with Crippen molar-refractivity contribution in [2.45, 2.75) is 32.7 Å². The van der Waals surface area contributed by atoms with Gasteiger partial charge in [0, 0.05) is 0 Å². The van der Waals surface area contributed by atoms with Crippen molar-refractivity contribution in [2.75, 3.05) is 0 Å². The lowest BCUT2D eigenvalue weighted by Gasteiger charge is -2.03. The van der Waals surface area contributed by atoms with Crippen LogP contribution in [0.2, 0.25) is 6.04 Å². The zero-order valence-electron chi connectivity index (χ0n) is 8.59. The van der Waals surface area contributed by atoms with Crippen molar-refractivity contribution in [1.82, 2.24) is 0 Å².